The molecule has 11 rings (SSSR count). The number of fused-ring (bicyclic) bond motifs is 11. The fraction of sp³-hybridized carbons (Fsp3) is 0.0370. The standard InChI is InChI=1S/C54H31F3N4O2/c1-32-2-12-38(13-3-32)60(39-14-4-33(30-58)5-15-39)42-20-24-44-35(28-42)8-22-46-47-26-27-49-50(53(47)63-51(44)46)48-23-9-36-29-43(21-25-45(36)52(48)62-49)61(40-16-6-34(31-59)7-17-40)41-18-10-37(11-19-41)54(55,56)57/h2-29H,1H3. The van der Waals surface area contributed by atoms with Crippen LogP contribution in [0.3, 0.4) is 0 Å². The zero-order valence-electron chi connectivity index (χ0n) is 33.4. The van der Waals surface area contributed by atoms with Crippen molar-refractivity contribution < 1.29 is 22.0 Å². The fourth-order valence-corrected chi connectivity index (χ4v) is 8.68. The molecule has 0 aliphatic carbocycles. The van der Waals surface area contributed by atoms with E-state index in [-0.39, 0.29) is 0 Å². The van der Waals surface area contributed by atoms with E-state index in [0.29, 0.717) is 33.7 Å². The summed E-state index contributed by atoms with van der Waals surface area (Å²) in [6.45, 7) is 2.06. The average molecular weight is 825 g/mol. The molecule has 0 fully saturated rings. The third kappa shape index (κ3) is 6.26. The summed E-state index contributed by atoms with van der Waals surface area (Å²) in [6, 6.07) is 56.8. The second-order valence-electron chi connectivity index (χ2n) is 15.6. The number of alkyl halides is 3. The van der Waals surface area contributed by atoms with Gasteiger partial charge in [0.05, 0.1) is 34.2 Å². The lowest BCUT2D eigenvalue weighted by atomic mass is 10.0. The first-order chi connectivity index (χ1) is 30.6. The highest BCUT2D eigenvalue weighted by molar-refractivity contribution is 6.27. The van der Waals surface area contributed by atoms with Gasteiger partial charge in [0.15, 0.2) is 0 Å². The molecule has 2 aromatic heterocycles. The van der Waals surface area contributed by atoms with Crippen LogP contribution in [0, 0.1) is 29.6 Å². The maximum atomic E-state index is 13.5. The number of nitriles is 2. The quantitative estimate of drug-likeness (QED) is 0.166. The molecule has 300 valence electrons. The molecule has 0 aliphatic rings. The van der Waals surface area contributed by atoms with E-state index in [1.165, 1.54) is 12.1 Å². The molecule has 6 nitrogen and oxygen atoms in total. The van der Waals surface area contributed by atoms with Crippen LogP contribution in [0.15, 0.2) is 179 Å². The van der Waals surface area contributed by atoms with Crippen molar-refractivity contribution in [3.63, 3.8) is 0 Å². The molecular formula is C54H31F3N4O2. The van der Waals surface area contributed by atoms with E-state index in [1.54, 1.807) is 24.3 Å². The Morgan fingerprint density at radius 2 is 0.841 bits per heavy atom. The lowest BCUT2D eigenvalue weighted by Gasteiger charge is -2.26. The van der Waals surface area contributed by atoms with Crippen LogP contribution in [-0.2, 0) is 6.18 Å². The van der Waals surface area contributed by atoms with Gasteiger partial charge in [-0.1, -0.05) is 29.8 Å². The topological polar surface area (TPSA) is 80.3 Å². The van der Waals surface area contributed by atoms with E-state index in [0.717, 1.165) is 94.7 Å². The second kappa shape index (κ2) is 14.3. The zero-order chi connectivity index (χ0) is 43.0. The minimum Gasteiger partial charge on any atom is -0.455 e. The van der Waals surface area contributed by atoms with Crippen molar-refractivity contribution >= 4 is 99.5 Å². The number of hydrogen-bond acceptors (Lipinski definition) is 6. The molecule has 0 amide bonds. The molecule has 0 bridgehead atoms. The molecule has 0 unspecified atom stereocenters. The molecule has 63 heavy (non-hydrogen) atoms. The van der Waals surface area contributed by atoms with Crippen molar-refractivity contribution in [2.24, 2.45) is 0 Å². The summed E-state index contributed by atoms with van der Waals surface area (Å²) in [5, 5.41) is 26.3. The van der Waals surface area contributed by atoms with Crippen LogP contribution >= 0.6 is 0 Å². The number of hydrogen-bond donors (Lipinski definition) is 0. The number of furan rings is 2. The van der Waals surface area contributed by atoms with Crippen molar-refractivity contribution in [2.75, 3.05) is 9.80 Å². The van der Waals surface area contributed by atoms with E-state index in [2.05, 4.69) is 78.6 Å². The van der Waals surface area contributed by atoms with Gasteiger partial charge in [-0.2, -0.15) is 23.7 Å². The lowest BCUT2D eigenvalue weighted by Crippen LogP contribution is -2.11. The van der Waals surface area contributed by atoms with Crippen LogP contribution in [0.25, 0.3) is 65.4 Å². The molecule has 9 aromatic carbocycles. The van der Waals surface area contributed by atoms with Crippen molar-refractivity contribution in [1.82, 2.24) is 0 Å². The Kier molecular flexibility index (Phi) is 8.50. The summed E-state index contributed by atoms with van der Waals surface area (Å²) in [5.41, 5.74) is 9.18. The molecule has 11 aromatic rings. The molecule has 0 aliphatic heterocycles. The first-order valence-electron chi connectivity index (χ1n) is 20.2. The summed E-state index contributed by atoms with van der Waals surface area (Å²) < 4.78 is 54.1. The highest BCUT2D eigenvalue weighted by Crippen LogP contribution is 2.45. The van der Waals surface area contributed by atoms with E-state index in [1.807, 2.05) is 71.6 Å². The molecule has 0 saturated carbocycles. The predicted octanol–water partition coefficient (Wildman–Crippen LogP) is 15.8. The second-order valence-corrected chi connectivity index (χ2v) is 15.6. The van der Waals surface area contributed by atoms with Gasteiger partial charge in [-0.05, 0) is 163 Å². The third-order valence-electron chi connectivity index (χ3n) is 11.8. The third-order valence-corrected chi connectivity index (χ3v) is 11.8. The molecular weight excluding hydrogens is 794 g/mol. The van der Waals surface area contributed by atoms with Crippen LogP contribution in [0.4, 0.5) is 47.3 Å². The zero-order valence-corrected chi connectivity index (χ0v) is 33.4. The van der Waals surface area contributed by atoms with Gasteiger partial charge in [-0.25, -0.2) is 0 Å². The average Bonchev–Trinajstić information content (AvgIpc) is 3.89. The number of anilines is 6. The highest BCUT2D eigenvalue weighted by Gasteiger charge is 2.30. The van der Waals surface area contributed by atoms with Crippen LogP contribution in [0.2, 0.25) is 0 Å². The Balaban J connectivity index is 1.02. The number of nitrogens with zero attached hydrogens (tertiary/aromatic N) is 4. The van der Waals surface area contributed by atoms with Crippen molar-refractivity contribution in [1.29, 1.82) is 10.5 Å². The van der Waals surface area contributed by atoms with Crippen molar-refractivity contribution in [3.8, 4) is 12.1 Å². The number of halogens is 3. The molecule has 0 N–H and O–H groups in total. The van der Waals surface area contributed by atoms with Crippen LogP contribution in [-0.4, -0.2) is 0 Å². The molecule has 0 radical (unpaired) electrons. The summed E-state index contributed by atoms with van der Waals surface area (Å²) >= 11 is 0. The monoisotopic (exact) mass is 824 g/mol. The fourth-order valence-electron chi connectivity index (χ4n) is 8.68. The minimum atomic E-state index is -4.47. The van der Waals surface area contributed by atoms with E-state index >= 15 is 0 Å². The molecule has 2 heterocycles. The van der Waals surface area contributed by atoms with Gasteiger partial charge in [0.1, 0.15) is 22.3 Å². The lowest BCUT2D eigenvalue weighted by molar-refractivity contribution is -0.137. The summed E-state index contributed by atoms with van der Waals surface area (Å²) in [6.07, 6.45) is -4.47. The Bertz CT molecular complexity index is 3690. The van der Waals surface area contributed by atoms with Gasteiger partial charge in [0, 0.05) is 61.1 Å². The smallest absolute Gasteiger partial charge is 0.416 e. The normalized spacial score (nSPS) is 11.8. The maximum absolute atomic E-state index is 13.5. The summed E-state index contributed by atoms with van der Waals surface area (Å²) in [5.74, 6) is 0. The molecule has 0 saturated heterocycles. The molecule has 9 heteroatoms. The van der Waals surface area contributed by atoms with E-state index in [4.69, 9.17) is 8.83 Å². The van der Waals surface area contributed by atoms with Gasteiger partial charge < -0.3 is 18.6 Å². The first-order valence-corrected chi connectivity index (χ1v) is 20.2. The maximum Gasteiger partial charge on any atom is 0.416 e. The van der Waals surface area contributed by atoms with Crippen LogP contribution < -0.4 is 9.80 Å². The van der Waals surface area contributed by atoms with Gasteiger partial charge in [-0.3, -0.25) is 0 Å². The SMILES string of the molecule is Cc1ccc(N(c2ccc(C#N)cc2)c2ccc3c(ccc4c5ccc6oc7c8ccc(N(c9ccc(C#N)cc9)c9ccc(C(F)(F)F)cc9)cc8ccc7c6c5oc34)c2)cc1. The van der Waals surface area contributed by atoms with Gasteiger partial charge in [0.2, 0.25) is 0 Å². The van der Waals surface area contributed by atoms with Gasteiger partial charge in [0.25, 0.3) is 0 Å². The van der Waals surface area contributed by atoms with Gasteiger partial charge in [-0.15, -0.1) is 0 Å². The number of aryl methyl sites for hydroxylation is 1. The van der Waals surface area contributed by atoms with Crippen molar-refractivity contribution in [3.05, 3.63) is 192 Å². The number of rotatable bonds is 6. The summed E-state index contributed by atoms with van der Waals surface area (Å²) in [4.78, 5) is 4.04. The number of benzene rings is 9. The van der Waals surface area contributed by atoms with E-state index < -0.39 is 11.7 Å². The Labute approximate surface area is 358 Å². The Hall–Kier alpha value is -8.53. The molecule has 0 spiro atoms. The highest BCUT2D eigenvalue weighted by atomic mass is 19.4. The Morgan fingerprint density at radius 3 is 1.35 bits per heavy atom. The van der Waals surface area contributed by atoms with Crippen LogP contribution in [0.5, 0.6) is 0 Å². The van der Waals surface area contributed by atoms with Crippen LogP contribution in [0.1, 0.15) is 22.3 Å². The first kappa shape index (κ1) is 37.5. The van der Waals surface area contributed by atoms with E-state index in [9.17, 15) is 23.7 Å². The minimum absolute atomic E-state index is 0.471. The largest absolute Gasteiger partial charge is 0.455 e. The van der Waals surface area contributed by atoms with Gasteiger partial charge >= 0.3 is 6.18 Å². The predicted molar refractivity (Wildman–Crippen MR) is 245 cm³/mol. The van der Waals surface area contributed by atoms with Crippen molar-refractivity contribution in [2.45, 2.75) is 13.1 Å². The Morgan fingerprint density at radius 1 is 0.429 bits per heavy atom. The summed E-state index contributed by atoms with van der Waals surface area (Å²) in [7, 11) is 0. The molecule has 0 atom stereocenters.